The minimum atomic E-state index is -1.54. The van der Waals surface area contributed by atoms with Crippen molar-refractivity contribution in [1.29, 1.82) is 0 Å². The second kappa shape index (κ2) is 5.20. The van der Waals surface area contributed by atoms with Crippen molar-refractivity contribution in [2.45, 2.75) is 82.9 Å². The summed E-state index contributed by atoms with van der Waals surface area (Å²) in [6.45, 7) is 4.80. The number of carbonyl (C=O) groups is 1. The van der Waals surface area contributed by atoms with Crippen LogP contribution in [0.15, 0.2) is 0 Å². The van der Waals surface area contributed by atoms with Gasteiger partial charge in [0.15, 0.2) is 0 Å². The van der Waals surface area contributed by atoms with Crippen LogP contribution in [0, 0.1) is 16.2 Å². The zero-order chi connectivity index (χ0) is 18.3. The van der Waals surface area contributed by atoms with Crippen LogP contribution in [0.1, 0.15) is 65.2 Å². The van der Waals surface area contributed by atoms with Crippen molar-refractivity contribution in [2.75, 3.05) is 6.54 Å². The number of hydrogen-bond acceptors (Lipinski definition) is 4. The summed E-state index contributed by atoms with van der Waals surface area (Å²) in [4.78, 5) is 14.7. The van der Waals surface area contributed by atoms with Gasteiger partial charge in [-0.05, 0) is 67.6 Å². The lowest BCUT2D eigenvalue weighted by Gasteiger charge is -2.68. The summed E-state index contributed by atoms with van der Waals surface area (Å²) >= 11 is 0. The quantitative estimate of drug-likeness (QED) is 0.671. The van der Waals surface area contributed by atoms with E-state index in [1.165, 1.54) is 4.90 Å². The monoisotopic (exact) mass is 352 g/mol. The summed E-state index contributed by atoms with van der Waals surface area (Å²) < 4.78 is 15.6. The Balaban J connectivity index is 1.63. The van der Waals surface area contributed by atoms with Gasteiger partial charge in [-0.2, -0.15) is 0 Å². The molecule has 4 N–H and O–H groups in total. The van der Waals surface area contributed by atoms with Gasteiger partial charge in [0.2, 0.25) is 5.91 Å². The first-order valence-electron chi connectivity index (χ1n) is 9.60. The smallest absolute Gasteiger partial charge is 0.426 e. The average molecular weight is 352 g/mol. The molecule has 25 heavy (non-hydrogen) atoms. The third-order valence-corrected chi connectivity index (χ3v) is 7.42. The Morgan fingerprint density at radius 1 is 1.16 bits per heavy atom. The summed E-state index contributed by atoms with van der Waals surface area (Å²) in [5.41, 5.74) is 4.63. The van der Waals surface area contributed by atoms with Crippen molar-refractivity contribution in [1.82, 2.24) is 4.90 Å². The fraction of sp³-hybridized carbons (Fsp3) is 0.944. The van der Waals surface area contributed by atoms with Gasteiger partial charge < -0.3 is 20.7 Å². The Bertz CT molecular complexity index is 547. The lowest BCUT2D eigenvalue weighted by molar-refractivity contribution is -0.204. The predicted octanol–water partition coefficient (Wildman–Crippen LogP) is 1.41. The van der Waals surface area contributed by atoms with E-state index < -0.39 is 30.2 Å². The Hall–Kier alpha value is -0.655. The number of nitrogens with zero attached hydrogens (tertiary/aromatic N) is 1. The molecule has 0 aromatic heterocycles. The molecule has 5 aliphatic rings. The number of carbonyl (C=O) groups excluding carboxylic acids is 1. The number of halogens is 1. The van der Waals surface area contributed by atoms with Crippen LogP contribution in [0.5, 0.6) is 0 Å². The highest BCUT2D eigenvalue weighted by Gasteiger charge is 2.68. The fourth-order valence-corrected chi connectivity index (χ4v) is 7.79. The van der Waals surface area contributed by atoms with Crippen molar-refractivity contribution < 1.29 is 19.2 Å². The topological polar surface area (TPSA) is 86.8 Å². The Labute approximate surface area is 149 Å². The van der Waals surface area contributed by atoms with Crippen LogP contribution in [0.25, 0.3) is 0 Å². The van der Waals surface area contributed by atoms with E-state index in [0.29, 0.717) is 32.2 Å². The molecule has 1 amide bonds. The molecule has 3 unspecified atom stereocenters. The average Bonchev–Trinajstić information content (AvgIpc) is 2.89. The maximum atomic E-state index is 15.6. The first-order chi connectivity index (χ1) is 11.5. The molecule has 7 heteroatoms. The molecule has 4 bridgehead atoms. The third kappa shape index (κ3) is 2.65. The molecule has 4 saturated carbocycles. The SMILES string of the molecule is CC12CC3(C)CC(F)(C1)CC(C(N)C(=O)N1CCC[C@H]1B(O)O)(C2)C3. The predicted molar refractivity (Wildman–Crippen MR) is 93.1 cm³/mol. The van der Waals surface area contributed by atoms with Crippen LogP contribution in [-0.4, -0.2) is 52.2 Å². The highest BCUT2D eigenvalue weighted by molar-refractivity contribution is 6.43. The molecule has 0 radical (unpaired) electrons. The van der Waals surface area contributed by atoms with Gasteiger partial charge in [0.05, 0.1) is 12.0 Å². The van der Waals surface area contributed by atoms with E-state index in [1.807, 2.05) is 0 Å². The molecule has 1 heterocycles. The second-order valence-electron chi connectivity index (χ2n) is 10.3. The molecule has 0 spiro atoms. The zero-order valence-electron chi connectivity index (χ0n) is 15.3. The fourth-order valence-electron chi connectivity index (χ4n) is 7.79. The molecule has 5 nitrogen and oxygen atoms in total. The van der Waals surface area contributed by atoms with Gasteiger partial charge in [-0.3, -0.25) is 4.79 Å². The van der Waals surface area contributed by atoms with E-state index in [1.54, 1.807) is 0 Å². The Morgan fingerprint density at radius 3 is 2.28 bits per heavy atom. The molecular weight excluding hydrogens is 322 g/mol. The molecule has 0 aromatic carbocycles. The van der Waals surface area contributed by atoms with E-state index in [2.05, 4.69) is 13.8 Å². The zero-order valence-corrected chi connectivity index (χ0v) is 15.3. The van der Waals surface area contributed by atoms with Crippen LogP contribution >= 0.6 is 0 Å². The minimum absolute atomic E-state index is 0.0863. The number of rotatable bonds is 3. The van der Waals surface area contributed by atoms with Crippen LogP contribution < -0.4 is 5.73 Å². The molecule has 0 aromatic rings. The first kappa shape index (κ1) is 17.7. The lowest BCUT2D eigenvalue weighted by atomic mass is 9.38. The number of nitrogens with two attached hydrogens (primary N) is 1. The highest BCUT2D eigenvalue weighted by Crippen LogP contribution is 2.72. The summed E-state index contributed by atoms with van der Waals surface area (Å²) in [6.07, 6.45) is 5.47. The normalized spacial score (nSPS) is 49.5. The van der Waals surface area contributed by atoms with Gasteiger partial charge in [0.1, 0.15) is 5.67 Å². The molecule has 140 valence electrons. The van der Waals surface area contributed by atoms with Crippen LogP contribution in [0.3, 0.4) is 0 Å². The summed E-state index contributed by atoms with van der Waals surface area (Å²) in [6, 6.07) is -0.762. The van der Waals surface area contributed by atoms with Gasteiger partial charge in [0.25, 0.3) is 0 Å². The maximum absolute atomic E-state index is 15.6. The van der Waals surface area contributed by atoms with E-state index in [9.17, 15) is 14.8 Å². The standard InChI is InChI=1S/C18H30BFN2O3/c1-15-6-16(2)8-17(7-15,11-18(20,9-15)10-16)13(21)14(23)22-5-3-4-12(22)19(24)25/h12-13,24-25H,3-11,21H2,1-2H3/t12-,13?,15?,16?,17?,18?/m0/s1. The molecule has 4 atom stereocenters. The highest BCUT2D eigenvalue weighted by atomic mass is 19.1. The largest absolute Gasteiger partial charge is 0.475 e. The molecule has 5 rings (SSSR count). The van der Waals surface area contributed by atoms with E-state index in [0.717, 1.165) is 25.7 Å². The van der Waals surface area contributed by atoms with Gasteiger partial charge in [-0.15, -0.1) is 0 Å². The summed E-state index contributed by atoms with van der Waals surface area (Å²) in [5, 5.41) is 19.1. The molecule has 4 aliphatic carbocycles. The van der Waals surface area contributed by atoms with E-state index in [-0.39, 0.29) is 16.7 Å². The van der Waals surface area contributed by atoms with Crippen molar-refractivity contribution in [3.63, 3.8) is 0 Å². The number of amides is 1. The lowest BCUT2D eigenvalue weighted by Crippen LogP contribution is -2.68. The van der Waals surface area contributed by atoms with Crippen LogP contribution in [0.2, 0.25) is 0 Å². The molecule has 5 fully saturated rings. The van der Waals surface area contributed by atoms with Gasteiger partial charge in [-0.25, -0.2) is 4.39 Å². The second-order valence-corrected chi connectivity index (χ2v) is 10.3. The molecule has 1 aliphatic heterocycles. The van der Waals surface area contributed by atoms with Crippen molar-refractivity contribution in [2.24, 2.45) is 22.0 Å². The Morgan fingerprint density at radius 2 is 1.76 bits per heavy atom. The third-order valence-electron chi connectivity index (χ3n) is 7.42. The van der Waals surface area contributed by atoms with Crippen LogP contribution in [0.4, 0.5) is 4.39 Å². The minimum Gasteiger partial charge on any atom is -0.426 e. The van der Waals surface area contributed by atoms with Crippen molar-refractivity contribution in [3.05, 3.63) is 0 Å². The molecule has 1 saturated heterocycles. The summed E-state index contributed by atoms with van der Waals surface area (Å²) in [7, 11) is -1.54. The number of alkyl halides is 1. The van der Waals surface area contributed by atoms with E-state index >= 15 is 4.39 Å². The Kier molecular flexibility index (Phi) is 3.69. The summed E-state index contributed by atoms with van der Waals surface area (Å²) in [5.74, 6) is -0.814. The van der Waals surface area contributed by atoms with E-state index in [4.69, 9.17) is 5.73 Å². The number of hydrogen-bond donors (Lipinski definition) is 3. The first-order valence-corrected chi connectivity index (χ1v) is 9.60. The van der Waals surface area contributed by atoms with Crippen molar-refractivity contribution >= 4 is 13.0 Å². The molecular formula is C18H30BFN2O3. The van der Waals surface area contributed by atoms with Gasteiger partial charge >= 0.3 is 7.12 Å². The maximum Gasteiger partial charge on any atom is 0.475 e. The van der Waals surface area contributed by atoms with Crippen molar-refractivity contribution in [3.8, 4) is 0 Å². The number of likely N-dealkylation sites (tertiary alicyclic amines) is 1. The van der Waals surface area contributed by atoms with Crippen LogP contribution in [-0.2, 0) is 4.79 Å². The van der Waals surface area contributed by atoms with Gasteiger partial charge in [-0.1, -0.05) is 13.8 Å². The van der Waals surface area contributed by atoms with Gasteiger partial charge in [0, 0.05) is 6.54 Å².